The van der Waals surface area contributed by atoms with Gasteiger partial charge in [0.05, 0.1) is 17.4 Å². The maximum Gasteiger partial charge on any atom is 0.416 e. The fraction of sp³-hybridized carbons (Fsp3) is 0.214. The smallest absolute Gasteiger partial charge is 0.416 e. The number of para-hydroxylation sites is 1. The van der Waals surface area contributed by atoms with E-state index in [0.29, 0.717) is 40.3 Å². The van der Waals surface area contributed by atoms with E-state index in [2.05, 4.69) is 4.98 Å². The Bertz CT molecular complexity index is 1460. The Morgan fingerprint density at radius 2 is 1.62 bits per heavy atom. The van der Waals surface area contributed by atoms with Gasteiger partial charge in [0.25, 0.3) is 5.56 Å². The molecule has 0 bridgehead atoms. The Kier molecular flexibility index (Phi) is 7.83. The minimum Gasteiger partial charge on any atom is -0.492 e. The number of carbonyl (C=O) groups excluding carboxylic acids is 1. The topological polar surface area (TPSA) is 111 Å². The molecule has 1 heterocycles. The Labute approximate surface area is 213 Å². The average Bonchev–Trinajstić information content (AvgIpc) is 2.87. The number of rotatable bonds is 9. The summed E-state index contributed by atoms with van der Waals surface area (Å²) in [7, 11) is 0. The van der Waals surface area contributed by atoms with Crippen LogP contribution in [0.2, 0.25) is 0 Å². The minimum atomic E-state index is -1.14. The third kappa shape index (κ3) is 6.52. The van der Waals surface area contributed by atoms with Crippen molar-refractivity contribution < 1.29 is 24.2 Å². The van der Waals surface area contributed by atoms with E-state index in [0.717, 1.165) is 10.5 Å². The number of aliphatic carboxylic acids is 1. The van der Waals surface area contributed by atoms with Gasteiger partial charge in [0.15, 0.2) is 0 Å². The highest BCUT2D eigenvalue weighted by Gasteiger charge is 2.19. The number of carboxylic acids is 1. The molecule has 0 radical (unpaired) electrons. The first-order valence-corrected chi connectivity index (χ1v) is 11.7. The van der Waals surface area contributed by atoms with Crippen LogP contribution in [0.15, 0.2) is 77.6 Å². The SMILES string of the molecule is Cc1ccc(OC(=O)N(CC(=O)O)Cc2ccc(OCCn3c(C)nc4ccccc4c3=O)cc2)cc1. The standard InChI is InChI=1S/C28H27N3O6/c1-19-7-11-23(12-8-19)37-28(35)30(18-26(32)33)17-21-9-13-22(14-10-21)36-16-15-31-20(2)29-25-6-4-3-5-24(25)27(31)34/h3-14H,15-18H2,1-2H3,(H,32,33). The van der Waals surface area contributed by atoms with E-state index in [9.17, 15) is 19.5 Å². The van der Waals surface area contributed by atoms with Gasteiger partial charge in [-0.25, -0.2) is 9.78 Å². The molecule has 0 saturated carbocycles. The van der Waals surface area contributed by atoms with Crippen LogP contribution in [0.5, 0.6) is 11.5 Å². The number of aryl methyl sites for hydroxylation is 2. The van der Waals surface area contributed by atoms with E-state index in [1.165, 1.54) is 0 Å². The quantitative estimate of drug-likeness (QED) is 0.366. The van der Waals surface area contributed by atoms with Crippen LogP contribution in [0.4, 0.5) is 4.79 Å². The number of carbonyl (C=O) groups is 2. The summed E-state index contributed by atoms with van der Waals surface area (Å²) in [5.41, 5.74) is 2.27. The number of carboxylic acid groups (broad SMARTS) is 1. The monoisotopic (exact) mass is 501 g/mol. The summed E-state index contributed by atoms with van der Waals surface area (Å²) in [6.45, 7) is 3.84. The predicted molar refractivity (Wildman–Crippen MR) is 138 cm³/mol. The maximum atomic E-state index is 12.8. The van der Waals surface area contributed by atoms with Gasteiger partial charge in [-0.2, -0.15) is 0 Å². The highest BCUT2D eigenvalue weighted by Crippen LogP contribution is 2.17. The minimum absolute atomic E-state index is 0.0502. The second kappa shape index (κ2) is 11.4. The first-order chi connectivity index (χ1) is 17.8. The van der Waals surface area contributed by atoms with Crippen molar-refractivity contribution in [2.24, 2.45) is 0 Å². The van der Waals surface area contributed by atoms with E-state index < -0.39 is 18.6 Å². The van der Waals surface area contributed by atoms with E-state index in [1.807, 2.05) is 25.1 Å². The molecule has 3 aromatic carbocycles. The Balaban J connectivity index is 1.37. The predicted octanol–water partition coefficient (Wildman–Crippen LogP) is 4.18. The van der Waals surface area contributed by atoms with Gasteiger partial charge in [-0.15, -0.1) is 0 Å². The highest BCUT2D eigenvalue weighted by atomic mass is 16.6. The summed E-state index contributed by atoms with van der Waals surface area (Å²) >= 11 is 0. The van der Waals surface area contributed by atoms with E-state index in [4.69, 9.17) is 9.47 Å². The fourth-order valence-corrected chi connectivity index (χ4v) is 3.83. The van der Waals surface area contributed by atoms with Gasteiger partial charge in [-0.1, -0.05) is 42.0 Å². The van der Waals surface area contributed by atoms with Crippen LogP contribution in [0.3, 0.4) is 0 Å². The molecule has 1 aromatic heterocycles. The molecule has 0 fully saturated rings. The number of benzene rings is 3. The van der Waals surface area contributed by atoms with Crippen molar-refractivity contribution in [3.05, 3.63) is 100 Å². The highest BCUT2D eigenvalue weighted by molar-refractivity contribution is 5.78. The Morgan fingerprint density at radius 3 is 2.32 bits per heavy atom. The van der Waals surface area contributed by atoms with Crippen LogP contribution in [0.25, 0.3) is 10.9 Å². The van der Waals surface area contributed by atoms with Crippen molar-refractivity contribution in [2.75, 3.05) is 13.2 Å². The molecule has 0 saturated heterocycles. The lowest BCUT2D eigenvalue weighted by Crippen LogP contribution is -2.37. The van der Waals surface area contributed by atoms with Crippen LogP contribution >= 0.6 is 0 Å². The number of aromatic nitrogens is 2. The molecule has 0 aliphatic carbocycles. The second-order valence-electron chi connectivity index (χ2n) is 8.56. The van der Waals surface area contributed by atoms with E-state index in [1.54, 1.807) is 66.1 Å². The van der Waals surface area contributed by atoms with Crippen LogP contribution in [0.1, 0.15) is 17.0 Å². The molecule has 37 heavy (non-hydrogen) atoms. The molecule has 190 valence electrons. The normalized spacial score (nSPS) is 10.8. The molecular formula is C28H27N3O6. The molecule has 0 unspecified atom stereocenters. The third-order valence-corrected chi connectivity index (χ3v) is 5.74. The maximum absolute atomic E-state index is 12.8. The number of ether oxygens (including phenoxy) is 2. The largest absolute Gasteiger partial charge is 0.492 e. The van der Waals surface area contributed by atoms with Crippen molar-refractivity contribution in [2.45, 2.75) is 26.9 Å². The van der Waals surface area contributed by atoms with Gasteiger partial charge < -0.3 is 14.6 Å². The van der Waals surface area contributed by atoms with Gasteiger partial charge in [-0.3, -0.25) is 19.1 Å². The van der Waals surface area contributed by atoms with Gasteiger partial charge in [0.1, 0.15) is 30.5 Å². The van der Waals surface area contributed by atoms with Crippen molar-refractivity contribution in [3.8, 4) is 11.5 Å². The summed E-state index contributed by atoms with van der Waals surface area (Å²) in [5, 5.41) is 9.81. The van der Waals surface area contributed by atoms with Crippen molar-refractivity contribution in [1.29, 1.82) is 0 Å². The molecule has 0 aliphatic rings. The van der Waals surface area contributed by atoms with Crippen LogP contribution in [0, 0.1) is 13.8 Å². The Morgan fingerprint density at radius 1 is 0.946 bits per heavy atom. The molecule has 9 nitrogen and oxygen atoms in total. The number of hydrogen-bond acceptors (Lipinski definition) is 6. The summed E-state index contributed by atoms with van der Waals surface area (Å²) in [6, 6.07) is 21.1. The Hall–Kier alpha value is -4.66. The van der Waals surface area contributed by atoms with Gasteiger partial charge >= 0.3 is 12.1 Å². The zero-order valence-corrected chi connectivity index (χ0v) is 20.6. The lowest BCUT2D eigenvalue weighted by molar-refractivity contribution is -0.138. The second-order valence-corrected chi connectivity index (χ2v) is 8.56. The lowest BCUT2D eigenvalue weighted by Gasteiger charge is -2.20. The van der Waals surface area contributed by atoms with Crippen LogP contribution < -0.4 is 15.0 Å². The lowest BCUT2D eigenvalue weighted by atomic mass is 10.2. The van der Waals surface area contributed by atoms with Crippen molar-refractivity contribution in [3.63, 3.8) is 0 Å². The van der Waals surface area contributed by atoms with Crippen LogP contribution in [-0.2, 0) is 17.9 Å². The fourth-order valence-electron chi connectivity index (χ4n) is 3.83. The van der Waals surface area contributed by atoms with Crippen molar-refractivity contribution >= 4 is 23.0 Å². The molecule has 1 N–H and O–H groups in total. The first kappa shape index (κ1) is 25.4. The zero-order chi connectivity index (χ0) is 26.4. The summed E-state index contributed by atoms with van der Waals surface area (Å²) in [5.74, 6) is 0.383. The molecule has 4 rings (SSSR count). The number of amides is 1. The van der Waals surface area contributed by atoms with E-state index >= 15 is 0 Å². The van der Waals surface area contributed by atoms with Crippen LogP contribution in [-0.4, -0.2) is 44.8 Å². The molecule has 0 spiro atoms. The molecule has 4 aromatic rings. The molecule has 0 atom stereocenters. The zero-order valence-electron chi connectivity index (χ0n) is 20.6. The molecule has 1 amide bonds. The molecular weight excluding hydrogens is 474 g/mol. The van der Waals surface area contributed by atoms with E-state index in [-0.39, 0.29) is 18.7 Å². The molecule has 9 heteroatoms. The average molecular weight is 502 g/mol. The number of fused-ring (bicyclic) bond motifs is 1. The number of nitrogens with zero attached hydrogens (tertiary/aromatic N) is 3. The molecule has 0 aliphatic heterocycles. The van der Waals surface area contributed by atoms with Gasteiger partial charge in [0, 0.05) is 6.54 Å². The first-order valence-electron chi connectivity index (χ1n) is 11.7. The summed E-state index contributed by atoms with van der Waals surface area (Å²) in [4.78, 5) is 42.3. The summed E-state index contributed by atoms with van der Waals surface area (Å²) < 4.78 is 12.7. The van der Waals surface area contributed by atoms with Gasteiger partial charge in [0.2, 0.25) is 0 Å². The number of hydrogen-bond donors (Lipinski definition) is 1. The summed E-state index contributed by atoms with van der Waals surface area (Å²) in [6.07, 6.45) is -0.753. The van der Waals surface area contributed by atoms with Crippen molar-refractivity contribution in [1.82, 2.24) is 14.5 Å². The third-order valence-electron chi connectivity index (χ3n) is 5.74. The van der Waals surface area contributed by atoms with Gasteiger partial charge in [-0.05, 0) is 55.8 Å².